The van der Waals surface area contributed by atoms with Crippen molar-refractivity contribution < 1.29 is 14.3 Å². The van der Waals surface area contributed by atoms with Crippen molar-refractivity contribution in [2.75, 3.05) is 37.4 Å². The second kappa shape index (κ2) is 6.32. The minimum atomic E-state index is -0.523. The maximum absolute atomic E-state index is 11.4. The molecule has 1 aromatic heterocycles. The topological polar surface area (TPSA) is 90.8 Å². The number of anilines is 2. The summed E-state index contributed by atoms with van der Waals surface area (Å²) >= 11 is 1.28. The Bertz CT molecular complexity index is 483. The number of thiophene rings is 1. The third-order valence-corrected chi connectivity index (χ3v) is 4.69. The first kappa shape index (κ1) is 14.9. The molecule has 0 bridgehead atoms. The summed E-state index contributed by atoms with van der Waals surface area (Å²) in [7, 11) is 1.55. The van der Waals surface area contributed by atoms with Gasteiger partial charge in [-0.3, -0.25) is 4.79 Å². The summed E-state index contributed by atoms with van der Waals surface area (Å²) in [5.74, 6) is 0.00821. The molecule has 20 heavy (non-hydrogen) atoms. The van der Waals surface area contributed by atoms with E-state index >= 15 is 0 Å². The fourth-order valence-corrected chi connectivity index (χ4v) is 3.51. The van der Waals surface area contributed by atoms with E-state index in [0.29, 0.717) is 16.3 Å². The third-order valence-electron chi connectivity index (χ3n) is 3.43. The van der Waals surface area contributed by atoms with Gasteiger partial charge in [-0.25, -0.2) is 0 Å². The summed E-state index contributed by atoms with van der Waals surface area (Å²) in [5.41, 5.74) is 11.6. The van der Waals surface area contributed by atoms with Gasteiger partial charge in [0, 0.05) is 19.7 Å². The van der Waals surface area contributed by atoms with Gasteiger partial charge < -0.3 is 25.8 Å². The molecule has 2 rings (SSSR count). The van der Waals surface area contributed by atoms with E-state index in [9.17, 15) is 4.79 Å². The quantitative estimate of drug-likeness (QED) is 0.829. The number of hydrogen-bond donors (Lipinski definition) is 2. The van der Waals surface area contributed by atoms with Gasteiger partial charge in [-0.1, -0.05) is 0 Å². The Labute approximate surface area is 122 Å². The van der Waals surface area contributed by atoms with Gasteiger partial charge in [0.05, 0.1) is 13.2 Å². The SMILES string of the molecule is CCN(CC1CCCO1)c1sc(C(N)=O)c(N)c1OC. The number of nitrogens with two attached hydrogens (primary N) is 2. The molecular formula is C13H21N3O3S. The van der Waals surface area contributed by atoms with Crippen LogP contribution < -0.4 is 21.1 Å². The average Bonchev–Trinajstić information content (AvgIpc) is 3.03. The molecule has 1 saturated heterocycles. The zero-order chi connectivity index (χ0) is 14.7. The van der Waals surface area contributed by atoms with Gasteiger partial charge in [0.2, 0.25) is 0 Å². The predicted molar refractivity (Wildman–Crippen MR) is 80.7 cm³/mol. The van der Waals surface area contributed by atoms with Crippen LogP contribution in [0.25, 0.3) is 0 Å². The van der Waals surface area contributed by atoms with Gasteiger partial charge in [0.25, 0.3) is 5.91 Å². The fraction of sp³-hybridized carbons (Fsp3) is 0.615. The molecule has 6 nitrogen and oxygen atoms in total. The number of likely N-dealkylation sites (N-methyl/N-ethyl adjacent to an activating group) is 1. The Morgan fingerprint density at radius 3 is 2.85 bits per heavy atom. The molecule has 1 aliphatic rings. The number of nitrogens with zero attached hydrogens (tertiary/aromatic N) is 1. The summed E-state index contributed by atoms with van der Waals surface area (Å²) in [6, 6.07) is 0. The summed E-state index contributed by atoms with van der Waals surface area (Å²) in [6.07, 6.45) is 2.38. The van der Waals surface area contributed by atoms with Gasteiger partial charge in [-0.05, 0) is 19.8 Å². The smallest absolute Gasteiger partial charge is 0.261 e. The van der Waals surface area contributed by atoms with E-state index in [4.69, 9.17) is 20.9 Å². The van der Waals surface area contributed by atoms with Crippen LogP contribution in [-0.4, -0.2) is 38.8 Å². The standard InChI is InChI=1S/C13H21N3O3S/c1-3-16(7-8-5-4-6-19-8)13-10(18-2)9(14)11(20-13)12(15)17/h8H,3-7,14H2,1-2H3,(H2,15,17). The lowest BCUT2D eigenvalue weighted by Crippen LogP contribution is -2.31. The van der Waals surface area contributed by atoms with Gasteiger partial charge in [-0.15, -0.1) is 11.3 Å². The van der Waals surface area contributed by atoms with Crippen molar-refractivity contribution in [2.24, 2.45) is 5.73 Å². The Hall–Kier alpha value is -1.47. The van der Waals surface area contributed by atoms with E-state index in [0.717, 1.165) is 37.5 Å². The van der Waals surface area contributed by atoms with Crippen molar-refractivity contribution in [1.29, 1.82) is 0 Å². The molecule has 0 spiro atoms. The lowest BCUT2D eigenvalue weighted by Gasteiger charge is -2.25. The normalized spacial score (nSPS) is 18.2. The molecule has 4 N–H and O–H groups in total. The molecule has 7 heteroatoms. The lowest BCUT2D eigenvalue weighted by molar-refractivity contribution is 0.100. The van der Waals surface area contributed by atoms with Crippen LogP contribution in [0.5, 0.6) is 5.75 Å². The molecule has 1 aromatic rings. The summed E-state index contributed by atoms with van der Waals surface area (Å²) in [4.78, 5) is 13.9. The first-order chi connectivity index (χ1) is 9.58. The van der Waals surface area contributed by atoms with E-state index in [2.05, 4.69) is 4.90 Å². The zero-order valence-electron chi connectivity index (χ0n) is 11.8. The molecule has 0 aliphatic carbocycles. The van der Waals surface area contributed by atoms with Gasteiger partial charge in [0.15, 0.2) is 5.75 Å². The molecule has 0 aromatic carbocycles. The second-order valence-corrected chi connectivity index (χ2v) is 5.72. The maximum atomic E-state index is 11.4. The number of carbonyl (C=O) groups is 1. The predicted octanol–water partition coefficient (Wildman–Crippen LogP) is 1.44. The number of amides is 1. The number of nitrogen functional groups attached to an aromatic ring is 1. The molecule has 1 amide bonds. The highest BCUT2D eigenvalue weighted by Crippen LogP contribution is 2.44. The highest BCUT2D eigenvalue weighted by Gasteiger charge is 2.26. The van der Waals surface area contributed by atoms with Crippen LogP contribution in [-0.2, 0) is 4.74 Å². The molecule has 1 atom stereocenters. The van der Waals surface area contributed by atoms with Crippen LogP contribution in [0.4, 0.5) is 10.7 Å². The third kappa shape index (κ3) is 2.83. The highest BCUT2D eigenvalue weighted by molar-refractivity contribution is 7.19. The molecule has 112 valence electrons. The number of rotatable bonds is 6. The van der Waals surface area contributed by atoms with Crippen LogP contribution in [0.1, 0.15) is 29.4 Å². The van der Waals surface area contributed by atoms with Crippen molar-refractivity contribution in [3.05, 3.63) is 4.88 Å². The minimum absolute atomic E-state index is 0.222. The first-order valence-corrected chi connectivity index (χ1v) is 7.52. The fourth-order valence-electron chi connectivity index (χ4n) is 2.39. The van der Waals surface area contributed by atoms with Crippen molar-refractivity contribution in [3.8, 4) is 5.75 Å². The number of primary amides is 1. The van der Waals surface area contributed by atoms with Crippen LogP contribution >= 0.6 is 11.3 Å². The molecule has 0 radical (unpaired) electrons. The van der Waals surface area contributed by atoms with E-state index < -0.39 is 5.91 Å². The van der Waals surface area contributed by atoms with E-state index in [-0.39, 0.29) is 6.10 Å². The second-order valence-electron chi connectivity index (χ2n) is 4.72. The Morgan fingerprint density at radius 2 is 2.35 bits per heavy atom. The largest absolute Gasteiger partial charge is 0.492 e. The Kier molecular flexibility index (Phi) is 4.72. The molecular weight excluding hydrogens is 278 g/mol. The summed E-state index contributed by atoms with van der Waals surface area (Å²) in [6.45, 7) is 4.42. The van der Waals surface area contributed by atoms with Crippen LogP contribution in [0.3, 0.4) is 0 Å². The van der Waals surface area contributed by atoms with Crippen molar-refractivity contribution >= 4 is 27.9 Å². The Balaban J connectivity index is 2.27. The number of hydrogen-bond acceptors (Lipinski definition) is 6. The number of methoxy groups -OCH3 is 1. The summed E-state index contributed by atoms with van der Waals surface area (Å²) in [5, 5.41) is 0.844. The van der Waals surface area contributed by atoms with Crippen LogP contribution in [0.15, 0.2) is 0 Å². The van der Waals surface area contributed by atoms with Gasteiger partial charge in [0.1, 0.15) is 15.6 Å². The monoisotopic (exact) mass is 299 g/mol. The molecule has 1 aliphatic heterocycles. The van der Waals surface area contributed by atoms with Crippen LogP contribution in [0.2, 0.25) is 0 Å². The van der Waals surface area contributed by atoms with Crippen LogP contribution in [0, 0.1) is 0 Å². The minimum Gasteiger partial charge on any atom is -0.492 e. The first-order valence-electron chi connectivity index (χ1n) is 6.71. The van der Waals surface area contributed by atoms with Gasteiger partial charge in [-0.2, -0.15) is 0 Å². The zero-order valence-corrected chi connectivity index (χ0v) is 12.7. The maximum Gasteiger partial charge on any atom is 0.261 e. The van der Waals surface area contributed by atoms with E-state index in [1.54, 1.807) is 7.11 Å². The number of carbonyl (C=O) groups excluding carboxylic acids is 1. The van der Waals surface area contributed by atoms with E-state index in [1.807, 2.05) is 6.92 Å². The van der Waals surface area contributed by atoms with Gasteiger partial charge >= 0.3 is 0 Å². The van der Waals surface area contributed by atoms with Crippen molar-refractivity contribution in [2.45, 2.75) is 25.9 Å². The number of ether oxygens (including phenoxy) is 2. The Morgan fingerprint density at radius 1 is 1.60 bits per heavy atom. The molecule has 2 heterocycles. The van der Waals surface area contributed by atoms with E-state index in [1.165, 1.54) is 11.3 Å². The van der Waals surface area contributed by atoms with Crippen molar-refractivity contribution in [1.82, 2.24) is 0 Å². The lowest BCUT2D eigenvalue weighted by atomic mass is 10.2. The molecule has 1 unspecified atom stereocenters. The molecule has 0 saturated carbocycles. The average molecular weight is 299 g/mol. The van der Waals surface area contributed by atoms with Crippen molar-refractivity contribution in [3.63, 3.8) is 0 Å². The summed E-state index contributed by atoms with van der Waals surface area (Å²) < 4.78 is 11.0. The molecule has 1 fully saturated rings. The highest BCUT2D eigenvalue weighted by atomic mass is 32.1.